The van der Waals surface area contributed by atoms with Crippen LogP contribution in [0, 0.1) is 0 Å². The normalized spacial score (nSPS) is 13.5. The highest BCUT2D eigenvalue weighted by Gasteiger charge is 2.24. The average molecular weight is 317 g/mol. The number of benzene rings is 1. The van der Waals surface area contributed by atoms with Crippen LogP contribution in [-0.2, 0) is 16.1 Å². The maximum atomic E-state index is 12.1. The Morgan fingerprint density at radius 1 is 1.18 bits per heavy atom. The first-order valence-electron chi connectivity index (χ1n) is 6.56. The number of hydrogen-bond acceptors (Lipinski definition) is 4. The number of aliphatic hydroxyl groups excluding tert-OH is 1. The van der Waals surface area contributed by atoms with E-state index in [0.29, 0.717) is 0 Å². The molecule has 0 aliphatic carbocycles. The highest BCUT2D eigenvalue weighted by molar-refractivity contribution is 5.79. The van der Waals surface area contributed by atoms with Crippen molar-refractivity contribution in [2.45, 2.75) is 38.0 Å². The van der Waals surface area contributed by atoms with Crippen LogP contribution in [-0.4, -0.2) is 40.8 Å². The zero-order valence-electron chi connectivity index (χ0n) is 11.6. The van der Waals surface area contributed by atoms with E-state index in [1.807, 2.05) is 0 Å². The van der Waals surface area contributed by atoms with Gasteiger partial charge in [-0.05, 0) is 18.4 Å². The molecule has 22 heavy (non-hydrogen) atoms. The lowest BCUT2D eigenvalue weighted by Gasteiger charge is -2.16. The summed E-state index contributed by atoms with van der Waals surface area (Å²) in [5.41, 5.74) is 0.720. The number of alkyl halides is 2. The minimum Gasteiger partial charge on any atom is -0.480 e. The summed E-state index contributed by atoms with van der Waals surface area (Å²) in [4.78, 5) is 22.5. The van der Waals surface area contributed by atoms with Crippen molar-refractivity contribution >= 4 is 12.1 Å². The van der Waals surface area contributed by atoms with Crippen LogP contribution in [0.4, 0.5) is 13.6 Å². The van der Waals surface area contributed by atoms with Gasteiger partial charge in [0.2, 0.25) is 0 Å². The van der Waals surface area contributed by atoms with Gasteiger partial charge in [0.05, 0.1) is 0 Å². The molecule has 8 heteroatoms. The molecular formula is C14H17F2NO5. The van der Waals surface area contributed by atoms with Crippen LogP contribution in [0.15, 0.2) is 30.3 Å². The van der Waals surface area contributed by atoms with E-state index in [1.54, 1.807) is 30.3 Å². The number of carbonyl (C=O) groups excluding carboxylic acids is 1. The lowest BCUT2D eigenvalue weighted by Crippen LogP contribution is -2.41. The van der Waals surface area contributed by atoms with Gasteiger partial charge in [-0.3, -0.25) is 0 Å². The number of carboxylic acid groups (broad SMARTS) is 1. The van der Waals surface area contributed by atoms with E-state index >= 15 is 0 Å². The predicted molar refractivity (Wildman–Crippen MR) is 72.4 cm³/mol. The fraction of sp³-hybridized carbons (Fsp3) is 0.429. The lowest BCUT2D eigenvalue weighted by atomic mass is 10.1. The number of halogens is 2. The van der Waals surface area contributed by atoms with Crippen molar-refractivity contribution < 1.29 is 33.3 Å². The van der Waals surface area contributed by atoms with Gasteiger partial charge in [-0.1, -0.05) is 30.3 Å². The molecule has 0 bridgehead atoms. The number of carboxylic acids is 1. The minimum atomic E-state index is -2.96. The molecule has 3 N–H and O–H groups in total. The Morgan fingerprint density at radius 3 is 2.36 bits per heavy atom. The van der Waals surface area contributed by atoms with Gasteiger partial charge >= 0.3 is 12.1 Å². The second-order valence-corrected chi connectivity index (χ2v) is 4.58. The number of alkyl carbamates (subject to hydrolysis) is 1. The molecule has 0 aliphatic rings. The van der Waals surface area contributed by atoms with E-state index in [2.05, 4.69) is 5.32 Å². The van der Waals surface area contributed by atoms with Crippen molar-refractivity contribution in [3.8, 4) is 0 Å². The van der Waals surface area contributed by atoms with E-state index < -0.39 is 37.1 Å². The molecule has 1 aromatic rings. The number of aliphatic hydroxyl groups is 1. The summed E-state index contributed by atoms with van der Waals surface area (Å²) in [7, 11) is 0. The summed E-state index contributed by atoms with van der Waals surface area (Å²) in [5, 5.41) is 19.9. The number of aliphatic carboxylic acids is 1. The first-order chi connectivity index (χ1) is 10.4. The highest BCUT2D eigenvalue weighted by Crippen LogP contribution is 2.10. The molecule has 1 rings (SSSR count). The molecule has 0 saturated heterocycles. The number of carbonyl (C=O) groups is 2. The quantitative estimate of drug-likeness (QED) is 0.679. The molecule has 0 radical (unpaired) electrons. The van der Waals surface area contributed by atoms with Gasteiger partial charge < -0.3 is 20.3 Å². The Morgan fingerprint density at radius 2 is 1.82 bits per heavy atom. The number of ether oxygens (including phenoxy) is 1. The van der Waals surface area contributed by atoms with Gasteiger partial charge in [0.25, 0.3) is 6.43 Å². The van der Waals surface area contributed by atoms with E-state index in [-0.39, 0.29) is 13.0 Å². The fourth-order valence-electron chi connectivity index (χ4n) is 1.63. The molecule has 0 spiro atoms. The SMILES string of the molecule is O=C(NC(CCC(O)C(F)F)C(=O)O)OCc1ccccc1. The second-order valence-electron chi connectivity index (χ2n) is 4.58. The zero-order chi connectivity index (χ0) is 16.5. The first kappa shape index (κ1) is 17.8. The maximum absolute atomic E-state index is 12.1. The van der Waals surface area contributed by atoms with Crippen molar-refractivity contribution in [3.05, 3.63) is 35.9 Å². The van der Waals surface area contributed by atoms with E-state index in [9.17, 15) is 18.4 Å². The van der Waals surface area contributed by atoms with Gasteiger partial charge in [0, 0.05) is 0 Å². The molecular weight excluding hydrogens is 300 g/mol. The molecule has 2 unspecified atom stereocenters. The molecule has 0 aliphatic heterocycles. The Balaban J connectivity index is 2.42. The van der Waals surface area contributed by atoms with E-state index in [1.165, 1.54) is 0 Å². The summed E-state index contributed by atoms with van der Waals surface area (Å²) >= 11 is 0. The standard InChI is InChI=1S/C14H17F2NO5/c15-12(16)11(18)7-6-10(13(19)20)17-14(21)22-8-9-4-2-1-3-5-9/h1-5,10-12,18H,6-8H2,(H,17,21)(H,19,20). The van der Waals surface area contributed by atoms with Gasteiger partial charge in [0.1, 0.15) is 18.8 Å². The maximum Gasteiger partial charge on any atom is 0.408 e. The van der Waals surface area contributed by atoms with Crippen molar-refractivity contribution in [1.82, 2.24) is 5.32 Å². The molecule has 6 nitrogen and oxygen atoms in total. The third-order valence-corrected chi connectivity index (χ3v) is 2.84. The number of hydrogen-bond donors (Lipinski definition) is 3. The topological polar surface area (TPSA) is 95.9 Å². The molecule has 122 valence electrons. The van der Waals surface area contributed by atoms with Gasteiger partial charge in [-0.25, -0.2) is 18.4 Å². The van der Waals surface area contributed by atoms with Crippen LogP contribution in [0.1, 0.15) is 18.4 Å². The highest BCUT2D eigenvalue weighted by atomic mass is 19.3. The average Bonchev–Trinajstić information content (AvgIpc) is 2.49. The van der Waals surface area contributed by atoms with Crippen molar-refractivity contribution in [1.29, 1.82) is 0 Å². The smallest absolute Gasteiger partial charge is 0.408 e. The third kappa shape index (κ3) is 6.49. The third-order valence-electron chi connectivity index (χ3n) is 2.84. The second kappa shape index (κ2) is 8.93. The van der Waals surface area contributed by atoms with Crippen molar-refractivity contribution in [3.63, 3.8) is 0 Å². The molecule has 2 atom stereocenters. The largest absolute Gasteiger partial charge is 0.480 e. The van der Waals surface area contributed by atoms with Gasteiger partial charge in [0.15, 0.2) is 0 Å². The van der Waals surface area contributed by atoms with Crippen LogP contribution < -0.4 is 5.32 Å². The molecule has 1 amide bonds. The van der Waals surface area contributed by atoms with E-state index in [0.717, 1.165) is 5.56 Å². The fourth-order valence-corrected chi connectivity index (χ4v) is 1.63. The Hall–Kier alpha value is -2.22. The van der Waals surface area contributed by atoms with E-state index in [4.69, 9.17) is 14.9 Å². The molecule has 1 aromatic carbocycles. The monoisotopic (exact) mass is 317 g/mol. The summed E-state index contributed by atoms with van der Waals surface area (Å²) in [6.07, 6.45) is -6.64. The number of rotatable bonds is 8. The Labute approximate surface area is 125 Å². The zero-order valence-corrected chi connectivity index (χ0v) is 11.6. The van der Waals surface area contributed by atoms with Crippen molar-refractivity contribution in [2.75, 3.05) is 0 Å². The molecule has 0 fully saturated rings. The Kier molecular flexibility index (Phi) is 7.24. The molecule has 0 saturated carbocycles. The van der Waals surface area contributed by atoms with Crippen LogP contribution in [0.25, 0.3) is 0 Å². The van der Waals surface area contributed by atoms with Crippen LogP contribution in [0.2, 0.25) is 0 Å². The summed E-state index contributed by atoms with van der Waals surface area (Å²) in [5.74, 6) is -1.39. The lowest BCUT2D eigenvalue weighted by molar-refractivity contribution is -0.139. The van der Waals surface area contributed by atoms with Crippen LogP contribution >= 0.6 is 0 Å². The first-order valence-corrected chi connectivity index (χ1v) is 6.56. The minimum absolute atomic E-state index is 0.0430. The molecule has 0 aromatic heterocycles. The number of nitrogens with one attached hydrogen (secondary N) is 1. The predicted octanol–water partition coefficient (Wildman–Crippen LogP) is 1.77. The summed E-state index contributed by atoms with van der Waals surface area (Å²) in [6, 6.07) is 7.34. The summed E-state index contributed by atoms with van der Waals surface area (Å²) in [6.45, 7) is -0.0430. The van der Waals surface area contributed by atoms with Crippen molar-refractivity contribution in [2.24, 2.45) is 0 Å². The van der Waals surface area contributed by atoms with Crippen LogP contribution in [0.3, 0.4) is 0 Å². The van der Waals surface area contributed by atoms with Gasteiger partial charge in [-0.2, -0.15) is 0 Å². The summed E-state index contributed by atoms with van der Waals surface area (Å²) < 4.78 is 29.1. The Bertz CT molecular complexity index is 483. The number of amides is 1. The molecule has 0 heterocycles. The van der Waals surface area contributed by atoms with Crippen LogP contribution in [0.5, 0.6) is 0 Å². The van der Waals surface area contributed by atoms with Gasteiger partial charge in [-0.15, -0.1) is 0 Å².